The number of hydrogen-bond acceptors (Lipinski definition) is 2. The Balaban J connectivity index is 1.45. The minimum absolute atomic E-state index is 0.818. The third kappa shape index (κ3) is 1.67. The van der Waals surface area contributed by atoms with E-state index in [1.54, 1.807) is 6.42 Å². The fraction of sp³-hybridized carbons (Fsp3) is 0.800. The summed E-state index contributed by atoms with van der Waals surface area (Å²) in [5.74, 6) is 5.99. The van der Waals surface area contributed by atoms with E-state index < -0.39 is 0 Å². The molecule has 0 spiro atoms. The normalized spacial score (nSPS) is 41.4. The molecule has 18 heavy (non-hydrogen) atoms. The minimum Gasteiger partial charge on any atom is -0.384 e. The highest BCUT2D eigenvalue weighted by Gasteiger charge is 2.47. The van der Waals surface area contributed by atoms with Gasteiger partial charge in [-0.05, 0) is 74.2 Å². The third-order valence-corrected chi connectivity index (χ3v) is 5.85. The van der Waals surface area contributed by atoms with Gasteiger partial charge in [0.05, 0.1) is 6.20 Å². The summed E-state index contributed by atoms with van der Waals surface area (Å²) in [6.45, 7) is 1.02. The van der Waals surface area contributed by atoms with Crippen molar-refractivity contribution in [3.8, 4) is 0 Å². The van der Waals surface area contributed by atoms with Crippen molar-refractivity contribution in [1.29, 1.82) is 0 Å². The van der Waals surface area contributed by atoms with Gasteiger partial charge in [-0.3, -0.25) is 4.68 Å². The van der Waals surface area contributed by atoms with Crippen LogP contribution in [0.5, 0.6) is 0 Å². The zero-order valence-corrected chi connectivity index (χ0v) is 11.0. The molecule has 4 aliphatic rings. The van der Waals surface area contributed by atoms with Gasteiger partial charge < -0.3 is 5.73 Å². The van der Waals surface area contributed by atoms with Crippen molar-refractivity contribution in [1.82, 2.24) is 9.78 Å². The van der Waals surface area contributed by atoms with E-state index in [9.17, 15) is 0 Å². The van der Waals surface area contributed by atoms with Crippen molar-refractivity contribution in [2.75, 3.05) is 5.73 Å². The van der Waals surface area contributed by atoms with Crippen LogP contribution in [-0.2, 0) is 6.54 Å². The van der Waals surface area contributed by atoms with Gasteiger partial charge >= 0.3 is 0 Å². The molecule has 0 unspecified atom stereocenters. The molecule has 3 heteroatoms. The Labute approximate surface area is 109 Å². The van der Waals surface area contributed by atoms with Crippen LogP contribution in [-0.4, -0.2) is 9.78 Å². The number of hydrogen-bond donors (Lipinski definition) is 1. The lowest BCUT2D eigenvalue weighted by molar-refractivity contribution is -0.0413. The second-order valence-electron chi connectivity index (χ2n) is 6.86. The molecule has 2 N–H and O–H groups in total. The highest BCUT2D eigenvalue weighted by molar-refractivity contribution is 5.25. The molecular weight excluding hydrogens is 222 g/mol. The fourth-order valence-corrected chi connectivity index (χ4v) is 5.31. The molecule has 4 saturated carbocycles. The molecule has 4 fully saturated rings. The molecule has 0 aromatic carbocycles. The maximum atomic E-state index is 5.90. The summed E-state index contributed by atoms with van der Waals surface area (Å²) < 4.78 is 1.98. The van der Waals surface area contributed by atoms with Gasteiger partial charge in [0.25, 0.3) is 0 Å². The fourth-order valence-electron chi connectivity index (χ4n) is 5.31. The zero-order valence-electron chi connectivity index (χ0n) is 11.0. The molecule has 4 bridgehead atoms. The number of aryl methyl sites for hydroxylation is 1. The molecule has 4 aliphatic carbocycles. The Bertz CT molecular complexity index is 409. The van der Waals surface area contributed by atoms with Gasteiger partial charge in [0, 0.05) is 6.54 Å². The first kappa shape index (κ1) is 10.9. The largest absolute Gasteiger partial charge is 0.384 e. The van der Waals surface area contributed by atoms with Gasteiger partial charge in [0.15, 0.2) is 0 Å². The summed E-state index contributed by atoms with van der Waals surface area (Å²) in [5.41, 5.74) is 5.90. The van der Waals surface area contributed by atoms with Gasteiger partial charge in [0.2, 0.25) is 0 Å². The summed E-state index contributed by atoms with van der Waals surface area (Å²) >= 11 is 0. The van der Waals surface area contributed by atoms with E-state index in [1.807, 2.05) is 16.9 Å². The Morgan fingerprint density at radius 3 is 2.33 bits per heavy atom. The monoisotopic (exact) mass is 245 g/mol. The van der Waals surface area contributed by atoms with Crippen LogP contribution >= 0.6 is 0 Å². The predicted octanol–water partition coefficient (Wildman–Crippen LogP) is 2.93. The van der Waals surface area contributed by atoms with E-state index in [-0.39, 0.29) is 0 Å². The van der Waals surface area contributed by atoms with Gasteiger partial charge in [-0.1, -0.05) is 0 Å². The van der Waals surface area contributed by atoms with Crippen LogP contribution in [0, 0.1) is 29.6 Å². The topological polar surface area (TPSA) is 43.8 Å². The highest BCUT2D eigenvalue weighted by Crippen LogP contribution is 2.57. The van der Waals surface area contributed by atoms with Crippen LogP contribution in [0.1, 0.15) is 38.5 Å². The summed E-state index contributed by atoms with van der Waals surface area (Å²) in [7, 11) is 0. The van der Waals surface area contributed by atoms with Crippen molar-refractivity contribution < 1.29 is 0 Å². The van der Waals surface area contributed by atoms with Gasteiger partial charge in [-0.15, -0.1) is 0 Å². The molecule has 0 radical (unpaired) electrons. The average Bonchev–Trinajstić information content (AvgIpc) is 2.73. The van der Waals surface area contributed by atoms with Gasteiger partial charge in [-0.25, -0.2) is 0 Å². The summed E-state index contributed by atoms with van der Waals surface area (Å²) in [6, 6.07) is 1.90. The number of nitrogens with two attached hydrogens (primary N) is 1. The number of anilines is 1. The molecule has 5 rings (SSSR count). The van der Waals surface area contributed by atoms with E-state index >= 15 is 0 Å². The van der Waals surface area contributed by atoms with Crippen LogP contribution in [0.4, 0.5) is 5.82 Å². The first-order valence-electron chi connectivity index (χ1n) is 7.57. The Kier molecular flexibility index (Phi) is 2.42. The van der Waals surface area contributed by atoms with Crippen molar-refractivity contribution >= 4 is 5.82 Å². The number of rotatable bonds is 3. The number of nitrogens with zero attached hydrogens (tertiary/aromatic N) is 2. The SMILES string of the molecule is Nc1ccnn1CCC1C2CC3CC(C2)CC1C3. The molecule has 0 amide bonds. The van der Waals surface area contributed by atoms with Crippen molar-refractivity contribution in [2.24, 2.45) is 29.6 Å². The van der Waals surface area contributed by atoms with E-state index in [4.69, 9.17) is 5.73 Å². The zero-order chi connectivity index (χ0) is 12.1. The van der Waals surface area contributed by atoms with Crippen LogP contribution in [0.25, 0.3) is 0 Å². The molecular formula is C15H23N3. The molecule has 0 atom stereocenters. The first-order chi connectivity index (χ1) is 8.79. The lowest BCUT2D eigenvalue weighted by Gasteiger charge is -2.54. The standard InChI is InChI=1S/C15H23N3/c16-15-1-3-17-18(15)4-2-14-12-6-10-5-11(8-12)9-13(14)7-10/h1,3,10-14H,2,4-9,16H2. The molecule has 0 aliphatic heterocycles. The number of aromatic nitrogens is 2. The van der Waals surface area contributed by atoms with Crippen LogP contribution < -0.4 is 5.73 Å². The summed E-state index contributed by atoms with van der Waals surface area (Å²) in [4.78, 5) is 0. The molecule has 0 saturated heterocycles. The van der Waals surface area contributed by atoms with Crippen molar-refractivity contribution in [2.45, 2.75) is 45.1 Å². The second-order valence-corrected chi connectivity index (χ2v) is 6.86. The molecule has 98 valence electrons. The highest BCUT2D eigenvalue weighted by atomic mass is 15.3. The first-order valence-corrected chi connectivity index (χ1v) is 7.57. The van der Waals surface area contributed by atoms with Gasteiger partial charge in [-0.2, -0.15) is 5.10 Å². The Hall–Kier alpha value is -0.990. The Morgan fingerprint density at radius 2 is 1.78 bits per heavy atom. The van der Waals surface area contributed by atoms with E-state index in [0.29, 0.717) is 0 Å². The number of nitrogen functional groups attached to an aromatic ring is 1. The third-order valence-electron chi connectivity index (χ3n) is 5.85. The van der Waals surface area contributed by atoms with E-state index in [0.717, 1.165) is 42.0 Å². The Morgan fingerprint density at radius 1 is 1.11 bits per heavy atom. The molecule has 1 heterocycles. The van der Waals surface area contributed by atoms with Crippen molar-refractivity contribution in [3.63, 3.8) is 0 Å². The molecule has 3 nitrogen and oxygen atoms in total. The quantitative estimate of drug-likeness (QED) is 0.889. The minimum atomic E-state index is 0.818. The van der Waals surface area contributed by atoms with Gasteiger partial charge in [0.1, 0.15) is 5.82 Å². The predicted molar refractivity (Wildman–Crippen MR) is 71.8 cm³/mol. The molecule has 1 aromatic heterocycles. The van der Waals surface area contributed by atoms with Crippen LogP contribution in [0.3, 0.4) is 0 Å². The van der Waals surface area contributed by atoms with E-state index in [1.165, 1.54) is 32.1 Å². The average molecular weight is 245 g/mol. The van der Waals surface area contributed by atoms with Crippen molar-refractivity contribution in [3.05, 3.63) is 12.3 Å². The lowest BCUT2D eigenvalue weighted by atomic mass is 9.51. The van der Waals surface area contributed by atoms with Crippen LogP contribution in [0.2, 0.25) is 0 Å². The lowest BCUT2D eigenvalue weighted by Crippen LogP contribution is -2.45. The molecule has 1 aromatic rings. The van der Waals surface area contributed by atoms with Crippen LogP contribution in [0.15, 0.2) is 12.3 Å². The summed E-state index contributed by atoms with van der Waals surface area (Å²) in [5, 5.41) is 4.31. The second kappa shape index (κ2) is 4.01. The summed E-state index contributed by atoms with van der Waals surface area (Å²) in [6.07, 6.45) is 10.7. The maximum absolute atomic E-state index is 5.90. The van der Waals surface area contributed by atoms with E-state index in [2.05, 4.69) is 5.10 Å². The maximum Gasteiger partial charge on any atom is 0.121 e. The smallest absolute Gasteiger partial charge is 0.121 e.